The zero-order valence-corrected chi connectivity index (χ0v) is 16.4. The van der Waals surface area contributed by atoms with E-state index in [0.29, 0.717) is 11.3 Å². The highest BCUT2D eigenvalue weighted by atomic mass is 32.2. The molecule has 3 aromatic rings. The van der Waals surface area contributed by atoms with Gasteiger partial charge in [-0.1, -0.05) is 59.9 Å². The number of benzene rings is 2. The van der Waals surface area contributed by atoms with Crippen molar-refractivity contribution in [3.05, 3.63) is 77.6 Å². The molecule has 0 saturated carbocycles. The number of sulfone groups is 1. The van der Waals surface area contributed by atoms with Crippen LogP contribution in [0.5, 0.6) is 0 Å². The van der Waals surface area contributed by atoms with Crippen molar-refractivity contribution < 1.29 is 13.2 Å². The first-order valence-electron chi connectivity index (χ1n) is 8.50. The van der Waals surface area contributed by atoms with Crippen molar-refractivity contribution in [2.75, 3.05) is 5.75 Å². The molecular formula is C20H20N2O3S2. The van der Waals surface area contributed by atoms with E-state index in [1.807, 2.05) is 34.9 Å². The average Bonchev–Trinajstić information content (AvgIpc) is 2.98. The molecule has 1 amide bonds. The summed E-state index contributed by atoms with van der Waals surface area (Å²) >= 11 is 1.41. The minimum Gasteiger partial charge on any atom is -0.313 e. The Balaban J connectivity index is 1.76. The summed E-state index contributed by atoms with van der Waals surface area (Å²) in [4.78, 5) is 17.0. The molecule has 5 nitrogen and oxygen atoms in total. The van der Waals surface area contributed by atoms with Crippen LogP contribution in [0.15, 0.2) is 72.2 Å². The van der Waals surface area contributed by atoms with Gasteiger partial charge in [0.2, 0.25) is 5.91 Å². The monoisotopic (exact) mass is 400 g/mol. The molecule has 0 N–H and O–H groups in total. The number of amides is 1. The Bertz CT molecular complexity index is 1130. The first-order chi connectivity index (χ1) is 13.0. The number of carbonyl (C=O) groups excluding carboxylic acids is 1. The predicted octanol–water partition coefficient (Wildman–Crippen LogP) is 3.32. The average molecular weight is 401 g/mol. The van der Waals surface area contributed by atoms with Crippen LogP contribution in [-0.2, 0) is 26.9 Å². The maximum atomic E-state index is 12.3. The second kappa shape index (κ2) is 8.45. The van der Waals surface area contributed by atoms with Gasteiger partial charge in [0.05, 0.1) is 21.7 Å². The quantitative estimate of drug-likeness (QED) is 0.571. The fourth-order valence-corrected chi connectivity index (χ4v) is 5.10. The summed E-state index contributed by atoms with van der Waals surface area (Å²) in [5, 5.41) is 0. The number of carbonyl (C=O) groups is 1. The fraction of sp³-hybridized carbons (Fsp3) is 0.200. The summed E-state index contributed by atoms with van der Waals surface area (Å²) in [6.07, 6.45) is 1.62. The normalized spacial score (nSPS) is 12.4. The maximum absolute atomic E-state index is 12.3. The maximum Gasteiger partial charge on any atom is 0.249 e. The van der Waals surface area contributed by atoms with Gasteiger partial charge < -0.3 is 4.57 Å². The van der Waals surface area contributed by atoms with E-state index >= 15 is 0 Å². The predicted molar refractivity (Wildman–Crippen MR) is 109 cm³/mol. The van der Waals surface area contributed by atoms with Crippen LogP contribution in [0.3, 0.4) is 0 Å². The molecule has 0 atom stereocenters. The van der Waals surface area contributed by atoms with Gasteiger partial charge in [-0.2, -0.15) is 4.99 Å². The first kappa shape index (κ1) is 19.3. The zero-order chi connectivity index (χ0) is 19.3. The van der Waals surface area contributed by atoms with E-state index in [1.54, 1.807) is 30.3 Å². The number of allylic oxidation sites excluding steroid dienone is 1. The second-order valence-corrected chi connectivity index (χ2v) is 9.28. The van der Waals surface area contributed by atoms with Crippen LogP contribution in [0.25, 0.3) is 10.2 Å². The van der Waals surface area contributed by atoms with Crippen LogP contribution in [0.4, 0.5) is 0 Å². The van der Waals surface area contributed by atoms with E-state index < -0.39 is 15.7 Å². The van der Waals surface area contributed by atoms with Crippen LogP contribution in [-0.4, -0.2) is 24.6 Å². The molecule has 140 valence electrons. The smallest absolute Gasteiger partial charge is 0.249 e. The number of hydrogen-bond acceptors (Lipinski definition) is 4. The van der Waals surface area contributed by atoms with Crippen molar-refractivity contribution >= 4 is 37.3 Å². The summed E-state index contributed by atoms with van der Waals surface area (Å²) in [5.41, 5.74) is 1.70. The van der Waals surface area contributed by atoms with Gasteiger partial charge >= 0.3 is 0 Å². The Morgan fingerprint density at radius 3 is 2.56 bits per heavy atom. The van der Waals surface area contributed by atoms with Crippen molar-refractivity contribution in [3.8, 4) is 0 Å². The van der Waals surface area contributed by atoms with Gasteiger partial charge in [-0.25, -0.2) is 8.42 Å². The highest BCUT2D eigenvalue weighted by Gasteiger charge is 2.15. The molecule has 1 aromatic heterocycles. The number of fused-ring (bicyclic) bond motifs is 1. The van der Waals surface area contributed by atoms with Gasteiger partial charge in [0, 0.05) is 13.0 Å². The Labute approximate surface area is 162 Å². The summed E-state index contributed by atoms with van der Waals surface area (Å²) in [6.45, 7) is 4.28. The van der Waals surface area contributed by atoms with Crippen molar-refractivity contribution in [3.63, 3.8) is 0 Å². The number of hydrogen-bond donors (Lipinski definition) is 0. The summed E-state index contributed by atoms with van der Waals surface area (Å²) in [6, 6.07) is 16.7. The molecule has 0 bridgehead atoms. The van der Waals surface area contributed by atoms with Crippen LogP contribution < -0.4 is 4.80 Å². The number of nitrogens with zero attached hydrogens (tertiary/aromatic N) is 2. The number of aromatic nitrogens is 1. The standard InChI is InChI=1S/C20H20N2O3S2/c1-2-13-22-17-10-6-7-11-18(17)26-20(22)21-19(23)12-14-27(24,25)15-16-8-4-3-5-9-16/h2-11H,1,12-15H2. The number of rotatable bonds is 7. The van der Waals surface area contributed by atoms with Crippen LogP contribution >= 0.6 is 11.3 Å². The summed E-state index contributed by atoms with van der Waals surface area (Å²) in [5.74, 6) is -0.715. The largest absolute Gasteiger partial charge is 0.313 e. The molecule has 3 rings (SSSR count). The molecule has 0 saturated heterocycles. The molecule has 0 aliphatic carbocycles. The molecule has 0 radical (unpaired) electrons. The van der Waals surface area contributed by atoms with Gasteiger partial charge in [0.1, 0.15) is 0 Å². The minimum atomic E-state index is -3.37. The Morgan fingerprint density at radius 1 is 1.11 bits per heavy atom. The SMILES string of the molecule is C=CCn1c(=NC(=O)CCS(=O)(=O)Cc2ccccc2)sc2ccccc21. The fourth-order valence-electron chi connectivity index (χ4n) is 2.72. The molecule has 2 aromatic carbocycles. The zero-order valence-electron chi connectivity index (χ0n) is 14.7. The highest BCUT2D eigenvalue weighted by Crippen LogP contribution is 2.16. The van der Waals surface area contributed by atoms with Crippen molar-refractivity contribution in [1.29, 1.82) is 0 Å². The van der Waals surface area contributed by atoms with Gasteiger partial charge in [0.15, 0.2) is 14.6 Å². The minimum absolute atomic E-state index is 0.0690. The Kier molecular flexibility index (Phi) is 6.03. The lowest BCUT2D eigenvalue weighted by Gasteiger charge is -2.03. The molecule has 1 heterocycles. The lowest BCUT2D eigenvalue weighted by atomic mass is 10.2. The molecule has 7 heteroatoms. The summed E-state index contributed by atoms with van der Waals surface area (Å²) < 4.78 is 27.4. The van der Waals surface area contributed by atoms with Crippen LogP contribution in [0, 0.1) is 0 Å². The Hall–Kier alpha value is -2.51. The number of para-hydroxylation sites is 1. The first-order valence-corrected chi connectivity index (χ1v) is 11.1. The van der Waals surface area contributed by atoms with Crippen LogP contribution in [0.1, 0.15) is 12.0 Å². The van der Waals surface area contributed by atoms with Gasteiger partial charge in [-0.15, -0.1) is 6.58 Å². The van der Waals surface area contributed by atoms with E-state index in [0.717, 1.165) is 15.8 Å². The van der Waals surface area contributed by atoms with Gasteiger partial charge in [-0.3, -0.25) is 4.79 Å². The lowest BCUT2D eigenvalue weighted by Crippen LogP contribution is -2.18. The van der Waals surface area contributed by atoms with Crippen LogP contribution in [0.2, 0.25) is 0 Å². The van der Waals surface area contributed by atoms with Crippen molar-refractivity contribution in [1.82, 2.24) is 4.57 Å². The molecular weight excluding hydrogens is 380 g/mol. The number of thiazole rings is 1. The van der Waals surface area contributed by atoms with E-state index in [-0.39, 0.29) is 17.9 Å². The third kappa shape index (κ3) is 5.02. The van der Waals surface area contributed by atoms with Crippen molar-refractivity contribution in [2.24, 2.45) is 4.99 Å². The third-order valence-corrected chi connectivity index (χ3v) is 6.64. The topological polar surface area (TPSA) is 68.5 Å². The lowest BCUT2D eigenvalue weighted by molar-refractivity contribution is -0.117. The van der Waals surface area contributed by atoms with E-state index in [9.17, 15) is 13.2 Å². The third-order valence-electron chi connectivity index (χ3n) is 3.98. The summed E-state index contributed by atoms with van der Waals surface area (Å²) in [7, 11) is -3.37. The molecule has 0 fully saturated rings. The molecule has 27 heavy (non-hydrogen) atoms. The molecule has 0 aliphatic heterocycles. The highest BCUT2D eigenvalue weighted by molar-refractivity contribution is 7.90. The van der Waals surface area contributed by atoms with Gasteiger partial charge in [-0.05, 0) is 17.7 Å². The van der Waals surface area contributed by atoms with E-state index in [1.165, 1.54) is 11.3 Å². The van der Waals surface area contributed by atoms with Gasteiger partial charge in [0.25, 0.3) is 0 Å². The van der Waals surface area contributed by atoms with E-state index in [4.69, 9.17) is 0 Å². The second-order valence-electron chi connectivity index (χ2n) is 6.08. The molecule has 0 aliphatic rings. The van der Waals surface area contributed by atoms with Crippen molar-refractivity contribution in [2.45, 2.75) is 18.7 Å². The van der Waals surface area contributed by atoms with E-state index in [2.05, 4.69) is 11.6 Å². The molecule has 0 unspecified atom stereocenters. The molecule has 0 spiro atoms. The Morgan fingerprint density at radius 2 is 1.81 bits per heavy atom.